The van der Waals surface area contributed by atoms with Crippen molar-refractivity contribution in [3.05, 3.63) is 0 Å². The number of carboxylic acid groups (broad SMARTS) is 1. The Hall–Kier alpha value is -0.610. The van der Waals surface area contributed by atoms with Crippen LogP contribution in [0.3, 0.4) is 0 Å². The molecule has 0 aliphatic heterocycles. The lowest BCUT2D eigenvalue weighted by atomic mass is 9.98. The Bertz CT molecular complexity index is 271. The lowest BCUT2D eigenvalue weighted by Gasteiger charge is -2.32. The van der Waals surface area contributed by atoms with E-state index in [4.69, 9.17) is 10.8 Å². The van der Waals surface area contributed by atoms with E-state index in [1.807, 2.05) is 0 Å². The van der Waals surface area contributed by atoms with Crippen LogP contribution in [-0.4, -0.2) is 40.6 Å². The molecule has 0 aromatic heterocycles. The summed E-state index contributed by atoms with van der Waals surface area (Å²) in [6.45, 7) is 7.86. The number of carboxylic acids is 1. The van der Waals surface area contributed by atoms with Crippen LogP contribution in [0, 0.1) is 5.92 Å². The number of hydrogen-bond donors (Lipinski definition) is 2. The molecule has 1 atom stereocenters. The Balaban J connectivity index is 2.53. The van der Waals surface area contributed by atoms with Gasteiger partial charge in [-0.2, -0.15) is 0 Å². The molecule has 0 radical (unpaired) electrons. The maximum Gasteiger partial charge on any atom is 0.323 e. The highest BCUT2D eigenvalue weighted by molar-refractivity contribution is 5.77. The van der Waals surface area contributed by atoms with E-state index in [0.717, 1.165) is 13.1 Å². The summed E-state index contributed by atoms with van der Waals surface area (Å²) in [6.07, 6.45) is 5.63. The third-order valence-electron chi connectivity index (χ3n) is 3.85. The number of hydrogen-bond acceptors (Lipinski definition) is 3. The highest BCUT2D eigenvalue weighted by atomic mass is 16.4. The normalized spacial score (nSPS) is 20.6. The molecule has 1 rings (SSSR count). The SMILES string of the molecule is CC(C)CN(CCC(C)(N)C(=O)O)C1CCCC1. The molecule has 0 heterocycles. The molecule has 1 aliphatic carbocycles. The predicted octanol–water partition coefficient (Wildman–Crippen LogP) is 2.08. The van der Waals surface area contributed by atoms with E-state index in [1.54, 1.807) is 6.92 Å². The van der Waals surface area contributed by atoms with Crippen molar-refractivity contribution < 1.29 is 9.90 Å². The fourth-order valence-electron chi connectivity index (χ4n) is 2.64. The highest BCUT2D eigenvalue weighted by Crippen LogP contribution is 2.25. The van der Waals surface area contributed by atoms with Crippen molar-refractivity contribution in [2.24, 2.45) is 11.7 Å². The summed E-state index contributed by atoms with van der Waals surface area (Å²) in [7, 11) is 0. The maximum atomic E-state index is 11.0. The fourth-order valence-corrected chi connectivity index (χ4v) is 2.64. The van der Waals surface area contributed by atoms with E-state index >= 15 is 0 Å². The standard InChI is InChI=1S/C14H28N2O2/c1-11(2)10-16(12-6-4-5-7-12)9-8-14(3,15)13(17)18/h11-12H,4-10,15H2,1-3H3,(H,17,18). The molecule has 18 heavy (non-hydrogen) atoms. The zero-order valence-electron chi connectivity index (χ0n) is 12.0. The van der Waals surface area contributed by atoms with Crippen LogP contribution < -0.4 is 5.73 Å². The third-order valence-corrected chi connectivity index (χ3v) is 3.85. The zero-order chi connectivity index (χ0) is 13.8. The smallest absolute Gasteiger partial charge is 0.323 e. The van der Waals surface area contributed by atoms with Gasteiger partial charge in [-0.1, -0.05) is 26.7 Å². The molecule has 1 aliphatic rings. The highest BCUT2D eigenvalue weighted by Gasteiger charge is 2.30. The van der Waals surface area contributed by atoms with Gasteiger partial charge in [-0.05, 0) is 32.1 Å². The summed E-state index contributed by atoms with van der Waals surface area (Å²) >= 11 is 0. The van der Waals surface area contributed by atoms with Crippen molar-refractivity contribution in [3.8, 4) is 0 Å². The molecule has 1 fully saturated rings. The first-order valence-corrected chi connectivity index (χ1v) is 7.09. The molecule has 0 aromatic carbocycles. The largest absolute Gasteiger partial charge is 0.480 e. The van der Waals surface area contributed by atoms with E-state index in [-0.39, 0.29) is 0 Å². The molecule has 0 saturated heterocycles. The van der Waals surface area contributed by atoms with E-state index in [2.05, 4.69) is 18.7 Å². The minimum Gasteiger partial charge on any atom is -0.480 e. The van der Waals surface area contributed by atoms with Gasteiger partial charge in [-0.15, -0.1) is 0 Å². The monoisotopic (exact) mass is 256 g/mol. The molecule has 0 bridgehead atoms. The van der Waals surface area contributed by atoms with Crippen molar-refractivity contribution >= 4 is 5.97 Å². The van der Waals surface area contributed by atoms with Gasteiger partial charge in [0, 0.05) is 19.1 Å². The molecule has 0 spiro atoms. The molecular formula is C14H28N2O2. The lowest BCUT2D eigenvalue weighted by molar-refractivity contribution is -0.143. The molecule has 4 heteroatoms. The number of nitrogens with zero attached hydrogens (tertiary/aromatic N) is 1. The third kappa shape index (κ3) is 4.58. The first kappa shape index (κ1) is 15.4. The Morgan fingerprint density at radius 2 is 2.00 bits per heavy atom. The second kappa shape index (κ2) is 6.53. The topological polar surface area (TPSA) is 66.6 Å². The van der Waals surface area contributed by atoms with Gasteiger partial charge in [-0.3, -0.25) is 4.79 Å². The number of aliphatic carboxylic acids is 1. The van der Waals surface area contributed by atoms with Crippen molar-refractivity contribution in [1.82, 2.24) is 4.90 Å². The first-order chi connectivity index (χ1) is 8.33. The Morgan fingerprint density at radius 1 is 1.44 bits per heavy atom. The molecule has 0 amide bonds. The first-order valence-electron chi connectivity index (χ1n) is 7.09. The van der Waals surface area contributed by atoms with Crippen LogP contribution in [0.1, 0.15) is 52.9 Å². The van der Waals surface area contributed by atoms with Gasteiger partial charge in [0.25, 0.3) is 0 Å². The zero-order valence-corrected chi connectivity index (χ0v) is 12.0. The van der Waals surface area contributed by atoms with Crippen molar-refractivity contribution in [1.29, 1.82) is 0 Å². The fraction of sp³-hybridized carbons (Fsp3) is 0.929. The average Bonchev–Trinajstić information content (AvgIpc) is 2.76. The molecule has 106 valence electrons. The van der Waals surface area contributed by atoms with Crippen LogP contribution in [0.4, 0.5) is 0 Å². The van der Waals surface area contributed by atoms with Crippen LogP contribution in [0.15, 0.2) is 0 Å². The second-order valence-electron chi connectivity index (χ2n) is 6.30. The van der Waals surface area contributed by atoms with Crippen molar-refractivity contribution in [3.63, 3.8) is 0 Å². The second-order valence-corrected chi connectivity index (χ2v) is 6.30. The molecule has 0 aromatic rings. The molecule has 3 N–H and O–H groups in total. The Labute approximate surface area is 111 Å². The Morgan fingerprint density at radius 3 is 2.44 bits per heavy atom. The molecular weight excluding hydrogens is 228 g/mol. The van der Waals surface area contributed by atoms with E-state index < -0.39 is 11.5 Å². The van der Waals surface area contributed by atoms with Gasteiger partial charge < -0.3 is 15.7 Å². The summed E-state index contributed by atoms with van der Waals surface area (Å²) in [5.41, 5.74) is 4.71. The van der Waals surface area contributed by atoms with E-state index in [9.17, 15) is 4.79 Å². The number of rotatable bonds is 7. The van der Waals surface area contributed by atoms with Crippen LogP contribution in [-0.2, 0) is 4.79 Å². The minimum absolute atomic E-state index is 0.519. The number of nitrogens with two attached hydrogens (primary N) is 1. The summed E-state index contributed by atoms with van der Waals surface area (Å²) < 4.78 is 0. The van der Waals surface area contributed by atoms with Crippen molar-refractivity contribution in [2.45, 2.75) is 64.5 Å². The predicted molar refractivity (Wildman–Crippen MR) is 73.5 cm³/mol. The minimum atomic E-state index is -1.10. The van der Waals surface area contributed by atoms with E-state index in [1.165, 1.54) is 25.7 Å². The summed E-state index contributed by atoms with van der Waals surface area (Å²) in [4.78, 5) is 13.5. The van der Waals surface area contributed by atoms with Crippen LogP contribution in [0.5, 0.6) is 0 Å². The van der Waals surface area contributed by atoms with Gasteiger partial charge in [0.1, 0.15) is 5.54 Å². The van der Waals surface area contributed by atoms with Crippen LogP contribution in [0.25, 0.3) is 0 Å². The van der Waals surface area contributed by atoms with Gasteiger partial charge >= 0.3 is 5.97 Å². The maximum absolute atomic E-state index is 11.0. The average molecular weight is 256 g/mol. The number of carbonyl (C=O) groups is 1. The molecule has 1 unspecified atom stereocenters. The van der Waals surface area contributed by atoms with Gasteiger partial charge in [0.15, 0.2) is 0 Å². The van der Waals surface area contributed by atoms with Gasteiger partial charge in [0.2, 0.25) is 0 Å². The Kier molecular flexibility index (Phi) is 5.60. The van der Waals surface area contributed by atoms with Crippen molar-refractivity contribution in [2.75, 3.05) is 13.1 Å². The quantitative estimate of drug-likeness (QED) is 0.732. The van der Waals surface area contributed by atoms with Crippen LogP contribution >= 0.6 is 0 Å². The van der Waals surface area contributed by atoms with E-state index in [0.29, 0.717) is 18.4 Å². The van der Waals surface area contributed by atoms with Gasteiger partial charge in [0.05, 0.1) is 0 Å². The molecule has 1 saturated carbocycles. The lowest BCUT2D eigenvalue weighted by Crippen LogP contribution is -2.48. The van der Waals surface area contributed by atoms with Gasteiger partial charge in [-0.25, -0.2) is 0 Å². The summed E-state index contributed by atoms with van der Waals surface area (Å²) in [5.74, 6) is -0.294. The summed E-state index contributed by atoms with van der Waals surface area (Å²) in [6, 6.07) is 0.636. The van der Waals surface area contributed by atoms with Crippen LogP contribution in [0.2, 0.25) is 0 Å². The summed E-state index contributed by atoms with van der Waals surface area (Å²) in [5, 5.41) is 9.06. The molecule has 4 nitrogen and oxygen atoms in total.